The zero-order chi connectivity index (χ0) is 20.4. The third-order valence-electron chi connectivity index (χ3n) is 4.54. The van der Waals surface area contributed by atoms with Gasteiger partial charge < -0.3 is 4.72 Å². The van der Waals surface area contributed by atoms with Gasteiger partial charge in [0, 0.05) is 34.9 Å². The first-order valence-electron chi connectivity index (χ1n) is 8.93. The van der Waals surface area contributed by atoms with Gasteiger partial charge in [0.05, 0.1) is 22.8 Å². The fraction of sp³-hybridized carbons (Fsp3) is 0.143. The Balaban J connectivity index is 1.70. The molecular formula is C21H18F2N4OS. The van der Waals surface area contributed by atoms with Crippen LogP contribution in [0.2, 0.25) is 0 Å². The number of fused-ring (bicyclic) bond motifs is 1. The molecule has 0 spiro atoms. The number of hydrogen-bond acceptors (Lipinski definition) is 3. The molecule has 0 aliphatic rings. The molecule has 5 nitrogen and oxygen atoms in total. The Morgan fingerprint density at radius 1 is 1.17 bits per heavy atom. The Hall–Kier alpha value is -3.13. The van der Waals surface area contributed by atoms with Gasteiger partial charge in [-0.3, -0.25) is 9.67 Å². The predicted molar refractivity (Wildman–Crippen MR) is 109 cm³/mol. The van der Waals surface area contributed by atoms with Crippen LogP contribution in [0.15, 0.2) is 72.0 Å². The number of hydrogen-bond donors (Lipinski definition) is 1. The summed E-state index contributed by atoms with van der Waals surface area (Å²) in [5.74, 6) is 0. The van der Waals surface area contributed by atoms with Crippen molar-refractivity contribution in [3.05, 3.63) is 83.9 Å². The van der Waals surface area contributed by atoms with Gasteiger partial charge in [-0.1, -0.05) is 24.3 Å². The maximum atomic E-state index is 13.2. The summed E-state index contributed by atoms with van der Waals surface area (Å²) in [5, 5.41) is 5.99. The molecule has 0 bridgehead atoms. The van der Waals surface area contributed by atoms with Gasteiger partial charge in [0.1, 0.15) is 0 Å². The van der Waals surface area contributed by atoms with Crippen LogP contribution in [0.3, 0.4) is 0 Å². The zero-order valence-electron chi connectivity index (χ0n) is 15.5. The number of benzene rings is 2. The summed E-state index contributed by atoms with van der Waals surface area (Å²) in [6, 6.07) is 13.4. The molecule has 148 valence electrons. The molecule has 1 unspecified atom stereocenters. The average Bonchev–Trinajstić information content (AvgIpc) is 3.13. The molecule has 2 aromatic heterocycles. The zero-order valence-corrected chi connectivity index (χ0v) is 16.4. The van der Waals surface area contributed by atoms with Crippen LogP contribution < -0.4 is 4.72 Å². The molecule has 4 rings (SSSR count). The van der Waals surface area contributed by atoms with Gasteiger partial charge in [-0.2, -0.15) is 5.10 Å². The molecule has 2 aromatic carbocycles. The van der Waals surface area contributed by atoms with E-state index in [4.69, 9.17) is 0 Å². The minimum Gasteiger partial charge on any atom is -0.301 e. The number of anilines is 1. The van der Waals surface area contributed by atoms with E-state index in [1.165, 1.54) is 12.1 Å². The van der Waals surface area contributed by atoms with E-state index in [0.717, 1.165) is 16.5 Å². The van der Waals surface area contributed by atoms with E-state index < -0.39 is 17.4 Å². The van der Waals surface area contributed by atoms with E-state index in [2.05, 4.69) is 14.8 Å². The lowest BCUT2D eigenvalue weighted by Crippen LogP contribution is -2.10. The standard InChI is InChI=1S/C21H18F2N4OS/c1-14-8-10-27(25-14)13-17-6-5-15(21(22)23)11-19(17)26-29(28)20-4-2-3-16-12-24-9-7-18(16)20/h2-12,21,26H,13H2,1H3. The van der Waals surface area contributed by atoms with Gasteiger partial charge in [0.2, 0.25) is 0 Å². The second kappa shape index (κ2) is 8.08. The van der Waals surface area contributed by atoms with Gasteiger partial charge in [-0.05, 0) is 36.8 Å². The van der Waals surface area contributed by atoms with Crippen molar-refractivity contribution in [3.8, 4) is 0 Å². The third kappa shape index (κ3) is 4.17. The quantitative estimate of drug-likeness (QED) is 0.492. The number of aromatic nitrogens is 3. The molecule has 0 saturated heterocycles. The van der Waals surface area contributed by atoms with Crippen molar-refractivity contribution in [1.29, 1.82) is 0 Å². The highest BCUT2D eigenvalue weighted by Crippen LogP contribution is 2.28. The topological polar surface area (TPSA) is 59.8 Å². The van der Waals surface area contributed by atoms with Crippen molar-refractivity contribution in [2.24, 2.45) is 0 Å². The Labute approximate surface area is 169 Å². The summed E-state index contributed by atoms with van der Waals surface area (Å²) in [4.78, 5) is 4.64. The summed E-state index contributed by atoms with van der Waals surface area (Å²) in [6.45, 7) is 2.25. The average molecular weight is 412 g/mol. The minimum absolute atomic E-state index is 0.132. The van der Waals surface area contributed by atoms with Crippen molar-refractivity contribution >= 4 is 27.4 Å². The van der Waals surface area contributed by atoms with Gasteiger partial charge in [0.25, 0.3) is 6.43 Å². The summed E-state index contributed by atoms with van der Waals surface area (Å²) in [5.41, 5.74) is 1.83. The van der Waals surface area contributed by atoms with E-state index >= 15 is 0 Å². The van der Waals surface area contributed by atoms with Crippen molar-refractivity contribution < 1.29 is 13.0 Å². The molecule has 2 heterocycles. The molecule has 4 aromatic rings. The number of rotatable bonds is 6. The van der Waals surface area contributed by atoms with Gasteiger partial charge in [0.15, 0.2) is 11.0 Å². The van der Waals surface area contributed by atoms with Crippen LogP contribution >= 0.6 is 0 Å². The lowest BCUT2D eigenvalue weighted by Gasteiger charge is -2.14. The lowest BCUT2D eigenvalue weighted by molar-refractivity contribution is 0.151. The van der Waals surface area contributed by atoms with Crippen LogP contribution in [-0.4, -0.2) is 19.0 Å². The van der Waals surface area contributed by atoms with Gasteiger partial charge in [-0.15, -0.1) is 0 Å². The normalized spacial score (nSPS) is 12.4. The second-order valence-electron chi connectivity index (χ2n) is 6.60. The van der Waals surface area contributed by atoms with Crippen molar-refractivity contribution in [2.75, 3.05) is 4.72 Å². The molecule has 1 atom stereocenters. The van der Waals surface area contributed by atoms with Crippen molar-refractivity contribution in [2.45, 2.75) is 24.8 Å². The molecule has 0 aliphatic carbocycles. The van der Waals surface area contributed by atoms with Crippen LogP contribution in [0.1, 0.15) is 23.2 Å². The molecule has 0 fully saturated rings. The first-order chi connectivity index (χ1) is 14.0. The fourth-order valence-corrected chi connectivity index (χ4v) is 4.19. The number of alkyl halides is 2. The molecule has 8 heteroatoms. The molecule has 1 N–H and O–H groups in total. The Kier molecular flexibility index (Phi) is 5.35. The van der Waals surface area contributed by atoms with Crippen LogP contribution in [0.4, 0.5) is 14.5 Å². The fourth-order valence-electron chi connectivity index (χ4n) is 3.10. The van der Waals surface area contributed by atoms with E-state index in [1.807, 2.05) is 25.3 Å². The maximum Gasteiger partial charge on any atom is 0.263 e. The van der Waals surface area contributed by atoms with Crippen molar-refractivity contribution in [1.82, 2.24) is 14.8 Å². The van der Waals surface area contributed by atoms with Crippen LogP contribution in [0.25, 0.3) is 10.8 Å². The maximum absolute atomic E-state index is 13.2. The molecule has 0 radical (unpaired) electrons. The largest absolute Gasteiger partial charge is 0.301 e. The lowest BCUT2D eigenvalue weighted by atomic mass is 10.1. The van der Waals surface area contributed by atoms with Crippen molar-refractivity contribution in [3.63, 3.8) is 0 Å². The number of halogens is 2. The van der Waals surface area contributed by atoms with E-state index in [1.54, 1.807) is 41.3 Å². The van der Waals surface area contributed by atoms with Gasteiger partial charge >= 0.3 is 0 Å². The second-order valence-corrected chi connectivity index (χ2v) is 7.78. The smallest absolute Gasteiger partial charge is 0.263 e. The minimum atomic E-state index is -2.62. The van der Waals surface area contributed by atoms with Crippen LogP contribution in [0.5, 0.6) is 0 Å². The highest BCUT2D eigenvalue weighted by molar-refractivity contribution is 7.86. The SMILES string of the molecule is Cc1ccn(Cc2ccc(C(F)F)cc2NS(=O)c2cccc3cnccc23)n1. The number of pyridine rings is 1. The molecule has 29 heavy (non-hydrogen) atoms. The van der Waals surface area contributed by atoms with Crippen LogP contribution in [-0.2, 0) is 17.5 Å². The first kappa shape index (κ1) is 19.2. The summed E-state index contributed by atoms with van der Waals surface area (Å²) in [7, 11) is -1.65. The number of aryl methyl sites for hydroxylation is 1. The summed E-state index contributed by atoms with van der Waals surface area (Å²) >= 11 is 0. The van der Waals surface area contributed by atoms with Gasteiger partial charge in [-0.25, -0.2) is 13.0 Å². The van der Waals surface area contributed by atoms with E-state index in [0.29, 0.717) is 22.7 Å². The highest BCUT2D eigenvalue weighted by Gasteiger charge is 2.15. The predicted octanol–water partition coefficient (Wildman–Crippen LogP) is 4.86. The number of nitrogens with one attached hydrogen (secondary N) is 1. The third-order valence-corrected chi connectivity index (χ3v) is 5.70. The molecular weight excluding hydrogens is 394 g/mol. The van der Waals surface area contributed by atoms with Crippen LogP contribution in [0, 0.1) is 6.92 Å². The first-order valence-corrected chi connectivity index (χ1v) is 10.1. The Morgan fingerprint density at radius 2 is 2.03 bits per heavy atom. The monoisotopic (exact) mass is 412 g/mol. The Morgan fingerprint density at radius 3 is 2.79 bits per heavy atom. The number of nitrogens with zero attached hydrogens (tertiary/aromatic N) is 3. The van der Waals surface area contributed by atoms with E-state index in [-0.39, 0.29) is 5.56 Å². The Bertz CT molecular complexity index is 1190. The molecule has 0 saturated carbocycles. The summed E-state index contributed by atoms with van der Waals surface area (Å²) < 4.78 is 44.2. The van der Waals surface area contributed by atoms with E-state index in [9.17, 15) is 13.0 Å². The molecule has 0 amide bonds. The molecule has 0 aliphatic heterocycles. The summed E-state index contributed by atoms with van der Waals surface area (Å²) in [6.07, 6.45) is 2.52. The highest BCUT2D eigenvalue weighted by atomic mass is 32.2.